The Kier molecular flexibility index (Phi) is 4.61. The molecule has 2 N–H and O–H groups in total. The number of esters is 1. The molecule has 1 aromatic carbocycles. The standard InChI is InChI=1S/C13H15BrN2O4/c1-19-13(18)11-7-20-5-4-16(11)12(17)8-2-3-9(14)10(15)6-8/h2-3,6,11H,4-5,7,15H2,1H3. The van der Waals surface area contributed by atoms with Crippen LogP contribution in [0.1, 0.15) is 10.4 Å². The van der Waals surface area contributed by atoms with Crippen molar-refractivity contribution in [1.82, 2.24) is 4.90 Å². The van der Waals surface area contributed by atoms with E-state index in [4.69, 9.17) is 15.2 Å². The molecule has 1 aliphatic heterocycles. The van der Waals surface area contributed by atoms with Gasteiger partial charge in [0.2, 0.25) is 0 Å². The summed E-state index contributed by atoms with van der Waals surface area (Å²) >= 11 is 3.28. The number of morpholine rings is 1. The maximum Gasteiger partial charge on any atom is 0.331 e. The van der Waals surface area contributed by atoms with Crippen molar-refractivity contribution in [3.63, 3.8) is 0 Å². The third kappa shape index (κ3) is 2.94. The van der Waals surface area contributed by atoms with Gasteiger partial charge >= 0.3 is 5.97 Å². The predicted molar refractivity (Wildman–Crippen MR) is 76.2 cm³/mol. The van der Waals surface area contributed by atoms with Gasteiger partial charge in [0.25, 0.3) is 5.91 Å². The van der Waals surface area contributed by atoms with Gasteiger partial charge in [-0.05, 0) is 34.1 Å². The van der Waals surface area contributed by atoms with Crippen molar-refractivity contribution in [3.8, 4) is 0 Å². The van der Waals surface area contributed by atoms with Crippen LogP contribution in [0.5, 0.6) is 0 Å². The van der Waals surface area contributed by atoms with Gasteiger partial charge in [0.1, 0.15) is 0 Å². The Labute approximate surface area is 124 Å². The monoisotopic (exact) mass is 342 g/mol. The van der Waals surface area contributed by atoms with Crippen LogP contribution in [-0.4, -0.2) is 49.7 Å². The molecule has 1 unspecified atom stereocenters. The fourth-order valence-corrected chi connectivity index (χ4v) is 2.27. The summed E-state index contributed by atoms with van der Waals surface area (Å²) < 4.78 is 10.7. The normalized spacial score (nSPS) is 18.7. The molecule has 20 heavy (non-hydrogen) atoms. The second-order valence-electron chi connectivity index (χ2n) is 4.35. The summed E-state index contributed by atoms with van der Waals surface area (Å²) in [6, 6.07) is 4.23. The summed E-state index contributed by atoms with van der Waals surface area (Å²) in [6.07, 6.45) is 0. The maximum absolute atomic E-state index is 12.5. The number of carbonyl (C=O) groups excluding carboxylic acids is 2. The Morgan fingerprint density at radius 3 is 2.90 bits per heavy atom. The van der Waals surface area contributed by atoms with Gasteiger partial charge in [-0.25, -0.2) is 4.79 Å². The summed E-state index contributed by atoms with van der Waals surface area (Å²) in [4.78, 5) is 25.6. The van der Waals surface area contributed by atoms with Crippen molar-refractivity contribution in [3.05, 3.63) is 28.2 Å². The lowest BCUT2D eigenvalue weighted by Crippen LogP contribution is -2.53. The number of hydrogen-bond donors (Lipinski definition) is 1. The topological polar surface area (TPSA) is 81.9 Å². The van der Waals surface area contributed by atoms with Gasteiger partial charge in [-0.15, -0.1) is 0 Å². The molecule has 0 bridgehead atoms. The van der Waals surface area contributed by atoms with Crippen LogP contribution >= 0.6 is 15.9 Å². The molecule has 0 aliphatic carbocycles. The van der Waals surface area contributed by atoms with Crippen LogP contribution in [0.2, 0.25) is 0 Å². The van der Waals surface area contributed by atoms with Crippen LogP contribution < -0.4 is 5.73 Å². The number of anilines is 1. The number of amides is 1. The molecule has 0 aromatic heterocycles. The molecule has 1 fully saturated rings. The van der Waals surface area contributed by atoms with E-state index in [0.717, 1.165) is 4.47 Å². The van der Waals surface area contributed by atoms with E-state index in [2.05, 4.69) is 15.9 Å². The van der Waals surface area contributed by atoms with Gasteiger partial charge in [0.05, 0.1) is 20.3 Å². The van der Waals surface area contributed by atoms with E-state index in [1.807, 2.05) is 0 Å². The van der Waals surface area contributed by atoms with Gasteiger partial charge in [-0.3, -0.25) is 4.79 Å². The number of hydrogen-bond acceptors (Lipinski definition) is 5. The number of carbonyl (C=O) groups is 2. The smallest absolute Gasteiger partial charge is 0.331 e. The van der Waals surface area contributed by atoms with E-state index >= 15 is 0 Å². The van der Waals surface area contributed by atoms with E-state index in [1.165, 1.54) is 12.0 Å². The van der Waals surface area contributed by atoms with Crippen LogP contribution in [0.25, 0.3) is 0 Å². The first-order valence-electron chi connectivity index (χ1n) is 6.06. The van der Waals surface area contributed by atoms with Gasteiger partial charge in [-0.2, -0.15) is 0 Å². The Bertz CT molecular complexity index is 535. The second kappa shape index (κ2) is 6.23. The first-order chi connectivity index (χ1) is 9.54. The largest absolute Gasteiger partial charge is 0.467 e. The van der Waals surface area contributed by atoms with Crippen molar-refractivity contribution >= 4 is 33.5 Å². The Balaban J connectivity index is 2.25. The Morgan fingerprint density at radius 2 is 2.25 bits per heavy atom. The minimum atomic E-state index is -0.717. The predicted octanol–water partition coefficient (Wildman–Crippen LogP) is 1.05. The summed E-state index contributed by atoms with van der Waals surface area (Å²) in [5, 5.41) is 0. The Morgan fingerprint density at radius 1 is 1.50 bits per heavy atom. The minimum absolute atomic E-state index is 0.143. The van der Waals surface area contributed by atoms with E-state index in [-0.39, 0.29) is 12.5 Å². The number of rotatable bonds is 2. The van der Waals surface area contributed by atoms with Gasteiger partial charge in [0.15, 0.2) is 6.04 Å². The maximum atomic E-state index is 12.5. The van der Waals surface area contributed by atoms with Crippen LogP contribution in [0.15, 0.2) is 22.7 Å². The summed E-state index contributed by atoms with van der Waals surface area (Å²) in [5.74, 6) is -0.744. The molecule has 108 valence electrons. The fraction of sp³-hybridized carbons (Fsp3) is 0.385. The number of nitrogens with two attached hydrogens (primary N) is 1. The van der Waals surface area contributed by atoms with Crippen molar-refractivity contribution in [2.45, 2.75) is 6.04 Å². The zero-order valence-corrected chi connectivity index (χ0v) is 12.6. The molecular weight excluding hydrogens is 328 g/mol. The van der Waals surface area contributed by atoms with Gasteiger partial charge in [-0.1, -0.05) is 0 Å². The number of halogens is 1. The molecule has 1 saturated heterocycles. The molecule has 1 amide bonds. The van der Waals surface area contributed by atoms with E-state index in [0.29, 0.717) is 24.4 Å². The molecule has 0 saturated carbocycles. The molecule has 1 atom stereocenters. The molecule has 0 spiro atoms. The number of nitrogen functional groups attached to an aromatic ring is 1. The highest BCUT2D eigenvalue weighted by Gasteiger charge is 2.34. The number of ether oxygens (including phenoxy) is 2. The third-order valence-electron chi connectivity index (χ3n) is 3.11. The second-order valence-corrected chi connectivity index (χ2v) is 5.20. The lowest BCUT2D eigenvalue weighted by molar-refractivity contribution is -0.151. The van der Waals surface area contributed by atoms with Crippen LogP contribution in [-0.2, 0) is 14.3 Å². The zero-order chi connectivity index (χ0) is 14.7. The van der Waals surface area contributed by atoms with Crippen LogP contribution in [0.3, 0.4) is 0 Å². The molecule has 7 heteroatoms. The average molecular weight is 343 g/mol. The minimum Gasteiger partial charge on any atom is -0.467 e. The first kappa shape index (κ1) is 14.8. The van der Waals surface area contributed by atoms with E-state index < -0.39 is 12.0 Å². The summed E-state index contributed by atoms with van der Waals surface area (Å²) in [5.41, 5.74) is 6.68. The van der Waals surface area contributed by atoms with E-state index in [9.17, 15) is 9.59 Å². The molecule has 2 rings (SSSR count). The molecule has 1 heterocycles. The highest BCUT2D eigenvalue weighted by Crippen LogP contribution is 2.22. The zero-order valence-electron chi connectivity index (χ0n) is 11.0. The highest BCUT2D eigenvalue weighted by molar-refractivity contribution is 9.10. The summed E-state index contributed by atoms with van der Waals surface area (Å²) in [6.45, 7) is 0.879. The van der Waals surface area contributed by atoms with Gasteiger partial charge < -0.3 is 20.1 Å². The molecule has 1 aromatic rings. The summed E-state index contributed by atoms with van der Waals surface area (Å²) in [7, 11) is 1.29. The first-order valence-corrected chi connectivity index (χ1v) is 6.85. The number of methoxy groups -OCH3 is 1. The van der Waals surface area contributed by atoms with Crippen molar-refractivity contribution in [1.29, 1.82) is 0 Å². The lowest BCUT2D eigenvalue weighted by Gasteiger charge is -2.33. The average Bonchev–Trinajstić information content (AvgIpc) is 2.48. The molecule has 6 nitrogen and oxygen atoms in total. The van der Waals surface area contributed by atoms with Crippen molar-refractivity contribution < 1.29 is 19.1 Å². The fourth-order valence-electron chi connectivity index (χ4n) is 2.02. The Hall–Kier alpha value is -1.60. The van der Waals surface area contributed by atoms with Crippen molar-refractivity contribution in [2.75, 3.05) is 32.6 Å². The van der Waals surface area contributed by atoms with Gasteiger partial charge in [0, 0.05) is 22.3 Å². The SMILES string of the molecule is COC(=O)C1COCCN1C(=O)c1ccc(Br)c(N)c1. The quantitative estimate of drug-likeness (QED) is 0.641. The highest BCUT2D eigenvalue weighted by atomic mass is 79.9. The molecule has 0 radical (unpaired) electrons. The third-order valence-corrected chi connectivity index (χ3v) is 3.83. The number of benzene rings is 1. The molecular formula is C13H15BrN2O4. The van der Waals surface area contributed by atoms with Crippen LogP contribution in [0.4, 0.5) is 5.69 Å². The number of nitrogens with zero attached hydrogens (tertiary/aromatic N) is 1. The lowest BCUT2D eigenvalue weighted by atomic mass is 10.1. The van der Waals surface area contributed by atoms with Crippen molar-refractivity contribution in [2.24, 2.45) is 0 Å². The molecule has 1 aliphatic rings. The van der Waals surface area contributed by atoms with Crippen LogP contribution in [0, 0.1) is 0 Å². The van der Waals surface area contributed by atoms with E-state index in [1.54, 1.807) is 18.2 Å².